The van der Waals surface area contributed by atoms with Crippen LogP contribution in [0.3, 0.4) is 0 Å². The van der Waals surface area contributed by atoms with Crippen molar-refractivity contribution < 1.29 is 19.3 Å². The lowest BCUT2D eigenvalue weighted by Gasteiger charge is -2.20. The minimum absolute atomic E-state index is 0.192. The number of hydrogen-bond acceptors (Lipinski definition) is 5. The predicted octanol–water partition coefficient (Wildman–Crippen LogP) is 1.61. The average Bonchev–Trinajstić information content (AvgIpc) is 2.61. The summed E-state index contributed by atoms with van der Waals surface area (Å²) in [7, 11) is 1.55. The smallest absolute Gasteiger partial charge is 0.169 e. The number of fused-ring (bicyclic) bond motifs is 1. The largest absolute Gasteiger partial charge is 0.495 e. The molecule has 3 N–H and O–H groups in total. The Balaban J connectivity index is 2.60. The third-order valence-electron chi connectivity index (χ3n) is 2.75. The van der Waals surface area contributed by atoms with Gasteiger partial charge in [0.1, 0.15) is 5.75 Å². The topological polar surface area (TPSA) is 73.9 Å². The highest BCUT2D eigenvalue weighted by Gasteiger charge is 2.25. The van der Waals surface area contributed by atoms with Gasteiger partial charge in [0.25, 0.3) is 0 Å². The van der Waals surface area contributed by atoms with Crippen LogP contribution < -0.4 is 19.9 Å². The lowest BCUT2D eigenvalue weighted by atomic mass is 10.0. The normalized spacial score (nSPS) is 16.0. The zero-order valence-electron chi connectivity index (χ0n) is 10.1. The maximum absolute atomic E-state index is 9.28. The first-order chi connectivity index (χ1) is 8.69. The number of rotatable bonds is 3. The fourth-order valence-corrected chi connectivity index (χ4v) is 2.50. The summed E-state index contributed by atoms with van der Waals surface area (Å²) in [6.07, 6.45) is 0.808. The van der Waals surface area contributed by atoms with Crippen molar-refractivity contribution in [2.45, 2.75) is 12.5 Å². The summed E-state index contributed by atoms with van der Waals surface area (Å²) in [4.78, 5) is 0. The second-order valence-electron chi connectivity index (χ2n) is 3.97. The summed E-state index contributed by atoms with van der Waals surface area (Å²) in [6.45, 7) is 0.963. The first-order valence-corrected chi connectivity index (χ1v) is 6.50. The van der Waals surface area contributed by atoms with E-state index >= 15 is 0 Å². The van der Waals surface area contributed by atoms with Gasteiger partial charge in [-0.15, -0.1) is 0 Å². The zero-order valence-corrected chi connectivity index (χ0v) is 11.7. The molecule has 5 nitrogen and oxygen atoms in total. The number of methoxy groups -OCH3 is 1. The summed E-state index contributed by atoms with van der Waals surface area (Å²) in [5.41, 5.74) is 6.56. The Bertz CT molecular complexity index is 439. The van der Waals surface area contributed by atoms with Crippen molar-refractivity contribution in [3.63, 3.8) is 0 Å². The minimum atomic E-state index is -0.576. The molecule has 1 unspecified atom stereocenters. The maximum Gasteiger partial charge on any atom is 0.169 e. The van der Waals surface area contributed by atoms with E-state index in [1.165, 1.54) is 0 Å². The average molecular weight is 318 g/mol. The highest BCUT2D eigenvalue weighted by molar-refractivity contribution is 9.10. The SMILES string of the molecule is COc1c(Br)cc2c(c1C(N)CO)OCCCO2. The van der Waals surface area contributed by atoms with E-state index in [2.05, 4.69) is 15.9 Å². The molecule has 1 atom stereocenters. The molecule has 18 heavy (non-hydrogen) atoms. The number of aliphatic hydroxyl groups excluding tert-OH is 1. The van der Waals surface area contributed by atoms with Gasteiger partial charge < -0.3 is 25.1 Å². The van der Waals surface area contributed by atoms with E-state index in [0.717, 1.165) is 10.9 Å². The lowest BCUT2D eigenvalue weighted by molar-refractivity contribution is 0.256. The molecule has 0 saturated carbocycles. The van der Waals surface area contributed by atoms with E-state index < -0.39 is 6.04 Å². The lowest BCUT2D eigenvalue weighted by Crippen LogP contribution is -2.17. The summed E-state index contributed by atoms with van der Waals surface area (Å²) in [5.74, 6) is 1.76. The van der Waals surface area contributed by atoms with Crippen LogP contribution in [0.2, 0.25) is 0 Å². The second-order valence-corrected chi connectivity index (χ2v) is 4.83. The van der Waals surface area contributed by atoms with Crippen LogP contribution in [0.25, 0.3) is 0 Å². The minimum Gasteiger partial charge on any atom is -0.495 e. The molecule has 2 rings (SSSR count). The first-order valence-electron chi connectivity index (χ1n) is 5.71. The molecular weight excluding hydrogens is 302 g/mol. The van der Waals surface area contributed by atoms with E-state index in [4.69, 9.17) is 19.9 Å². The third kappa shape index (κ3) is 2.41. The first kappa shape index (κ1) is 13.5. The maximum atomic E-state index is 9.28. The van der Waals surface area contributed by atoms with Gasteiger partial charge in [0.2, 0.25) is 0 Å². The quantitative estimate of drug-likeness (QED) is 0.886. The number of hydrogen-bond donors (Lipinski definition) is 2. The summed E-state index contributed by atoms with van der Waals surface area (Å²) in [5, 5.41) is 9.28. The summed E-state index contributed by atoms with van der Waals surface area (Å²) < 4.78 is 17.4. The van der Waals surface area contributed by atoms with Gasteiger partial charge in [-0.2, -0.15) is 0 Å². The van der Waals surface area contributed by atoms with E-state index in [9.17, 15) is 5.11 Å². The fraction of sp³-hybridized carbons (Fsp3) is 0.500. The zero-order chi connectivity index (χ0) is 13.1. The molecule has 1 aromatic rings. The van der Waals surface area contributed by atoms with E-state index in [-0.39, 0.29) is 6.61 Å². The molecule has 0 aliphatic carbocycles. The molecule has 1 heterocycles. The Kier molecular flexibility index (Phi) is 4.31. The van der Waals surface area contributed by atoms with E-state index in [1.807, 2.05) is 0 Å². The molecular formula is C12H16BrNO4. The molecule has 1 aliphatic heterocycles. The van der Waals surface area contributed by atoms with E-state index in [1.54, 1.807) is 13.2 Å². The van der Waals surface area contributed by atoms with Crippen molar-refractivity contribution in [1.82, 2.24) is 0 Å². The van der Waals surface area contributed by atoms with Gasteiger partial charge in [-0.3, -0.25) is 0 Å². The van der Waals surface area contributed by atoms with Crippen LogP contribution in [0.4, 0.5) is 0 Å². The standard InChI is InChI=1S/C12H16BrNO4/c1-16-11-7(13)5-9-12(10(11)8(14)6-15)18-4-2-3-17-9/h5,8,15H,2-4,6,14H2,1H3. The monoisotopic (exact) mass is 317 g/mol. The second kappa shape index (κ2) is 5.77. The highest BCUT2D eigenvalue weighted by atomic mass is 79.9. The third-order valence-corrected chi connectivity index (χ3v) is 3.34. The number of ether oxygens (including phenoxy) is 3. The van der Waals surface area contributed by atoms with Crippen molar-refractivity contribution in [1.29, 1.82) is 0 Å². The molecule has 1 aliphatic rings. The van der Waals surface area contributed by atoms with Crippen molar-refractivity contribution >= 4 is 15.9 Å². The Morgan fingerprint density at radius 2 is 2.22 bits per heavy atom. The van der Waals surface area contributed by atoms with Crippen LogP contribution in [-0.2, 0) is 0 Å². The Labute approximate surface area is 114 Å². The van der Waals surface area contributed by atoms with Crippen molar-refractivity contribution in [3.8, 4) is 17.2 Å². The number of nitrogens with two attached hydrogens (primary N) is 1. The Morgan fingerprint density at radius 1 is 1.50 bits per heavy atom. The number of benzene rings is 1. The molecule has 100 valence electrons. The van der Waals surface area contributed by atoms with Crippen LogP contribution in [0.15, 0.2) is 10.5 Å². The molecule has 1 aromatic carbocycles. The fourth-order valence-electron chi connectivity index (χ4n) is 1.92. The van der Waals surface area contributed by atoms with Crippen molar-refractivity contribution in [2.24, 2.45) is 5.73 Å². The summed E-state index contributed by atoms with van der Waals surface area (Å²) in [6, 6.07) is 1.22. The van der Waals surface area contributed by atoms with Crippen LogP contribution in [0.1, 0.15) is 18.0 Å². The van der Waals surface area contributed by atoms with Crippen molar-refractivity contribution in [3.05, 3.63) is 16.1 Å². The van der Waals surface area contributed by atoms with Gasteiger partial charge in [-0.1, -0.05) is 0 Å². The van der Waals surface area contributed by atoms with Crippen LogP contribution in [-0.4, -0.2) is 32.0 Å². The number of halogens is 1. The molecule has 0 saturated heterocycles. The number of aliphatic hydroxyl groups is 1. The molecule has 0 fully saturated rings. The molecule has 0 bridgehead atoms. The van der Waals surface area contributed by atoms with Crippen molar-refractivity contribution in [2.75, 3.05) is 26.9 Å². The van der Waals surface area contributed by atoms with Gasteiger partial charge in [0.05, 0.1) is 43.0 Å². The molecule has 0 aromatic heterocycles. The molecule has 0 amide bonds. The van der Waals surface area contributed by atoms with Gasteiger partial charge in [-0.05, 0) is 15.9 Å². The summed E-state index contributed by atoms with van der Waals surface area (Å²) >= 11 is 3.41. The molecule has 0 radical (unpaired) electrons. The Hall–Kier alpha value is -0.980. The van der Waals surface area contributed by atoms with Gasteiger partial charge in [0, 0.05) is 12.5 Å². The highest BCUT2D eigenvalue weighted by Crippen LogP contribution is 2.46. The molecule has 0 spiro atoms. The Morgan fingerprint density at radius 3 is 2.89 bits per heavy atom. The van der Waals surface area contributed by atoms with Crippen LogP contribution in [0.5, 0.6) is 17.2 Å². The van der Waals surface area contributed by atoms with Gasteiger partial charge >= 0.3 is 0 Å². The van der Waals surface area contributed by atoms with Gasteiger partial charge in [0.15, 0.2) is 11.5 Å². The van der Waals surface area contributed by atoms with Crippen LogP contribution in [0, 0.1) is 0 Å². The van der Waals surface area contributed by atoms with Crippen LogP contribution >= 0.6 is 15.9 Å². The van der Waals surface area contributed by atoms with E-state index in [0.29, 0.717) is 36.0 Å². The predicted molar refractivity (Wildman–Crippen MR) is 70.3 cm³/mol. The van der Waals surface area contributed by atoms with Gasteiger partial charge in [-0.25, -0.2) is 0 Å². The molecule has 6 heteroatoms.